The van der Waals surface area contributed by atoms with Gasteiger partial charge in [-0.2, -0.15) is 4.99 Å². The van der Waals surface area contributed by atoms with Crippen LogP contribution in [0.3, 0.4) is 0 Å². The lowest BCUT2D eigenvalue weighted by molar-refractivity contribution is 0.503. The number of likely N-dealkylation sites (N-methyl/N-ethyl adjacent to an activating group) is 1. The molecule has 0 bridgehead atoms. The van der Waals surface area contributed by atoms with Gasteiger partial charge in [0.1, 0.15) is 0 Å². The Morgan fingerprint density at radius 3 is 2.81 bits per heavy atom. The van der Waals surface area contributed by atoms with Gasteiger partial charge in [-0.1, -0.05) is 0 Å². The Kier molecular flexibility index (Phi) is 4.38. The molecule has 0 amide bonds. The lowest BCUT2D eigenvalue weighted by Gasteiger charge is -2.17. The second-order valence-electron chi connectivity index (χ2n) is 3.44. The highest BCUT2D eigenvalue weighted by molar-refractivity contribution is 5.93. The summed E-state index contributed by atoms with van der Waals surface area (Å²) in [5.41, 5.74) is 12.4. The first-order valence-electron chi connectivity index (χ1n) is 5.02. The van der Waals surface area contributed by atoms with Crippen LogP contribution in [0.2, 0.25) is 0 Å². The van der Waals surface area contributed by atoms with Crippen molar-refractivity contribution in [2.45, 2.75) is 6.42 Å². The van der Waals surface area contributed by atoms with Crippen LogP contribution in [0.4, 0.5) is 0 Å². The molecule has 1 aromatic heterocycles. The molecule has 6 heteroatoms. The number of hydrogen-bond donors (Lipinski definition) is 3. The molecule has 6 nitrogen and oxygen atoms in total. The van der Waals surface area contributed by atoms with E-state index < -0.39 is 0 Å². The minimum Gasteiger partial charge on any atom is -0.369 e. The van der Waals surface area contributed by atoms with E-state index in [1.807, 2.05) is 30.4 Å². The summed E-state index contributed by atoms with van der Waals surface area (Å²) in [5.74, 6) is 0.560. The predicted molar refractivity (Wildman–Crippen MR) is 66.3 cm³/mol. The van der Waals surface area contributed by atoms with Crippen LogP contribution in [0, 0.1) is 0 Å². The minimum atomic E-state index is 0.186. The fraction of sp³-hybridized carbons (Fsp3) is 0.400. The molecule has 0 aliphatic heterocycles. The number of aromatic amines is 1. The summed E-state index contributed by atoms with van der Waals surface area (Å²) >= 11 is 0. The molecule has 0 spiro atoms. The van der Waals surface area contributed by atoms with Gasteiger partial charge in [0.2, 0.25) is 5.96 Å². The van der Waals surface area contributed by atoms with Crippen molar-refractivity contribution in [2.24, 2.45) is 21.5 Å². The maximum atomic E-state index is 5.74. The van der Waals surface area contributed by atoms with Gasteiger partial charge in [0.15, 0.2) is 5.96 Å². The van der Waals surface area contributed by atoms with E-state index in [1.165, 1.54) is 5.56 Å². The Hall–Kier alpha value is -1.98. The van der Waals surface area contributed by atoms with E-state index in [4.69, 9.17) is 11.5 Å². The standard InChI is InChI=1S/C10H18N6/c1-13-9(11)15-10(12)16(2)6-4-8-3-5-14-7-8/h3,5,7,14H,4,6H2,1-2H3,(H4,11,12,13,15). The topological polar surface area (TPSA) is 95.8 Å². The van der Waals surface area contributed by atoms with Crippen molar-refractivity contribution in [3.8, 4) is 0 Å². The zero-order valence-electron chi connectivity index (χ0n) is 9.64. The molecule has 0 radical (unpaired) electrons. The molecule has 1 rings (SSSR count). The van der Waals surface area contributed by atoms with E-state index in [0.717, 1.165) is 13.0 Å². The van der Waals surface area contributed by atoms with Crippen LogP contribution in [0.1, 0.15) is 5.56 Å². The Bertz CT molecular complexity index is 365. The van der Waals surface area contributed by atoms with Crippen molar-refractivity contribution in [3.63, 3.8) is 0 Å². The average Bonchev–Trinajstić information content (AvgIpc) is 2.78. The molecule has 5 N–H and O–H groups in total. The largest absolute Gasteiger partial charge is 0.369 e. The molecule has 0 aliphatic rings. The molecule has 0 fully saturated rings. The predicted octanol–water partition coefficient (Wildman–Crippen LogP) is -0.252. The van der Waals surface area contributed by atoms with Crippen molar-refractivity contribution in [3.05, 3.63) is 24.0 Å². The third-order valence-electron chi connectivity index (χ3n) is 2.25. The van der Waals surface area contributed by atoms with E-state index in [2.05, 4.69) is 15.0 Å². The first-order chi connectivity index (χ1) is 7.63. The maximum Gasteiger partial charge on any atom is 0.218 e. The van der Waals surface area contributed by atoms with Gasteiger partial charge in [-0.3, -0.25) is 4.99 Å². The number of hydrogen-bond acceptors (Lipinski definition) is 1. The second kappa shape index (κ2) is 5.79. The van der Waals surface area contributed by atoms with Crippen LogP contribution in [-0.4, -0.2) is 42.4 Å². The van der Waals surface area contributed by atoms with Crippen molar-refractivity contribution < 1.29 is 0 Å². The summed E-state index contributed by atoms with van der Waals surface area (Å²) in [6, 6.07) is 2.03. The Labute approximate surface area is 95.1 Å². The number of guanidine groups is 2. The number of nitrogens with zero attached hydrogens (tertiary/aromatic N) is 3. The van der Waals surface area contributed by atoms with Crippen molar-refractivity contribution >= 4 is 11.9 Å². The van der Waals surface area contributed by atoms with Gasteiger partial charge in [-0.05, 0) is 18.1 Å². The van der Waals surface area contributed by atoms with Crippen LogP contribution >= 0.6 is 0 Å². The Balaban J connectivity index is 2.46. The summed E-state index contributed by atoms with van der Waals surface area (Å²) in [7, 11) is 3.44. The zero-order valence-corrected chi connectivity index (χ0v) is 9.64. The number of aromatic nitrogens is 1. The van der Waals surface area contributed by atoms with Crippen molar-refractivity contribution in [1.82, 2.24) is 9.88 Å². The van der Waals surface area contributed by atoms with E-state index >= 15 is 0 Å². The molecule has 0 unspecified atom stereocenters. The van der Waals surface area contributed by atoms with Crippen molar-refractivity contribution in [2.75, 3.05) is 20.6 Å². The molecule has 16 heavy (non-hydrogen) atoms. The molecule has 0 aromatic carbocycles. The number of H-pyrrole nitrogens is 1. The second-order valence-corrected chi connectivity index (χ2v) is 3.44. The first kappa shape index (κ1) is 12.1. The number of rotatable bonds is 3. The highest BCUT2D eigenvalue weighted by atomic mass is 15.2. The van der Waals surface area contributed by atoms with E-state index in [0.29, 0.717) is 5.96 Å². The van der Waals surface area contributed by atoms with Crippen LogP contribution in [0.25, 0.3) is 0 Å². The molecule has 0 atom stereocenters. The Morgan fingerprint density at radius 1 is 1.50 bits per heavy atom. The zero-order chi connectivity index (χ0) is 12.0. The highest BCUT2D eigenvalue weighted by Gasteiger charge is 2.03. The summed E-state index contributed by atoms with van der Waals surface area (Å²) in [4.78, 5) is 12.5. The van der Waals surface area contributed by atoms with Gasteiger partial charge < -0.3 is 21.4 Å². The molecule has 88 valence electrons. The van der Waals surface area contributed by atoms with E-state index in [9.17, 15) is 0 Å². The van der Waals surface area contributed by atoms with Gasteiger partial charge in [0.05, 0.1) is 0 Å². The summed E-state index contributed by atoms with van der Waals surface area (Å²) in [5, 5.41) is 0. The molecule has 0 aliphatic carbocycles. The maximum absolute atomic E-state index is 5.74. The molecule has 1 aromatic rings. The fourth-order valence-electron chi connectivity index (χ4n) is 1.18. The first-order valence-corrected chi connectivity index (χ1v) is 5.02. The molecule has 1 heterocycles. The van der Waals surface area contributed by atoms with Crippen LogP contribution in [0.15, 0.2) is 28.4 Å². The molecular weight excluding hydrogens is 204 g/mol. The third-order valence-corrected chi connectivity index (χ3v) is 2.25. The summed E-state index contributed by atoms with van der Waals surface area (Å²) in [6.07, 6.45) is 4.76. The number of nitrogens with one attached hydrogen (secondary N) is 1. The smallest absolute Gasteiger partial charge is 0.218 e. The minimum absolute atomic E-state index is 0.186. The quantitative estimate of drug-likeness (QED) is 0.486. The van der Waals surface area contributed by atoms with Gasteiger partial charge in [0.25, 0.3) is 0 Å². The van der Waals surface area contributed by atoms with Crippen molar-refractivity contribution in [1.29, 1.82) is 0 Å². The molecular formula is C10H18N6. The van der Waals surface area contributed by atoms with Crippen LogP contribution in [0.5, 0.6) is 0 Å². The lowest BCUT2D eigenvalue weighted by Crippen LogP contribution is -2.36. The molecule has 0 saturated carbocycles. The lowest BCUT2D eigenvalue weighted by atomic mass is 10.2. The monoisotopic (exact) mass is 222 g/mol. The summed E-state index contributed by atoms with van der Waals surface area (Å²) in [6.45, 7) is 0.782. The average molecular weight is 222 g/mol. The van der Waals surface area contributed by atoms with Crippen LogP contribution in [-0.2, 0) is 6.42 Å². The fourth-order valence-corrected chi connectivity index (χ4v) is 1.18. The number of aliphatic imine (C=N–C) groups is 2. The van der Waals surface area contributed by atoms with Crippen LogP contribution < -0.4 is 11.5 Å². The normalized spacial score (nSPS) is 12.9. The van der Waals surface area contributed by atoms with Gasteiger partial charge >= 0.3 is 0 Å². The van der Waals surface area contributed by atoms with Gasteiger partial charge in [-0.15, -0.1) is 0 Å². The summed E-state index contributed by atoms with van der Waals surface area (Å²) < 4.78 is 0. The molecule has 0 saturated heterocycles. The number of nitrogens with two attached hydrogens (primary N) is 2. The SMILES string of the molecule is CN=C(N)N=C(N)N(C)CCc1cc[nH]c1. The van der Waals surface area contributed by atoms with Gasteiger partial charge in [-0.25, -0.2) is 0 Å². The Morgan fingerprint density at radius 2 is 2.25 bits per heavy atom. The van der Waals surface area contributed by atoms with Gasteiger partial charge in [0, 0.05) is 33.0 Å². The highest BCUT2D eigenvalue weighted by Crippen LogP contribution is 1.98. The van der Waals surface area contributed by atoms with E-state index in [-0.39, 0.29) is 5.96 Å². The van der Waals surface area contributed by atoms with E-state index in [1.54, 1.807) is 7.05 Å². The third kappa shape index (κ3) is 3.64.